The molecule has 3 nitrogen and oxygen atoms in total. The highest BCUT2D eigenvalue weighted by atomic mass is 32.2. The lowest BCUT2D eigenvalue weighted by Gasteiger charge is -1.95. The van der Waals surface area contributed by atoms with E-state index in [0.29, 0.717) is 0 Å². The average Bonchev–Trinajstić information content (AvgIpc) is 2.23. The Bertz CT molecular complexity index is 404. The van der Waals surface area contributed by atoms with Crippen LogP contribution in [-0.2, 0) is 10.1 Å². The number of terminal acetylenes is 2. The largest absolute Gasteiger partial charge is 0.294 e. The van der Waals surface area contributed by atoms with Crippen LogP contribution in [0.4, 0.5) is 0 Å². The molecule has 1 rings (SSSR count). The lowest BCUT2D eigenvalue weighted by Crippen LogP contribution is -1.96. The van der Waals surface area contributed by atoms with Crippen LogP contribution in [0.1, 0.15) is 5.56 Å². The quantitative estimate of drug-likeness (QED) is 0.584. The molecule has 4 heteroatoms. The fourth-order valence-corrected chi connectivity index (χ4v) is 1.19. The second kappa shape index (κ2) is 7.64. The summed E-state index contributed by atoms with van der Waals surface area (Å²) < 4.78 is 29.6. The summed E-state index contributed by atoms with van der Waals surface area (Å²) in [5.74, 6) is 0. The smallest absolute Gasteiger partial charge is 0.282 e. The van der Waals surface area contributed by atoms with Gasteiger partial charge in [-0.3, -0.25) is 4.55 Å². The summed E-state index contributed by atoms with van der Waals surface area (Å²) in [6.07, 6.45) is 16.0. The van der Waals surface area contributed by atoms with E-state index in [1.54, 1.807) is 12.1 Å². The Hall–Kier alpha value is -1.75. The van der Waals surface area contributed by atoms with Crippen molar-refractivity contribution in [1.82, 2.24) is 0 Å². The molecule has 0 fully saturated rings. The van der Waals surface area contributed by atoms with E-state index in [2.05, 4.69) is 25.7 Å². The highest BCUT2D eigenvalue weighted by molar-refractivity contribution is 7.85. The standard InChI is InChI=1S/C7H8O3S.2C2H2/c1-6-2-4-7(5-3-6)11(8,9)10;2*1-2/h2-5H,1H3,(H,8,9,10);2*1-2H. The maximum absolute atomic E-state index is 10.5. The molecule has 0 aromatic heterocycles. The Morgan fingerprint density at radius 3 is 1.60 bits per heavy atom. The van der Waals surface area contributed by atoms with Gasteiger partial charge >= 0.3 is 0 Å². The van der Waals surface area contributed by atoms with Crippen LogP contribution < -0.4 is 0 Å². The van der Waals surface area contributed by atoms with Crippen molar-refractivity contribution >= 4 is 10.1 Å². The molecule has 15 heavy (non-hydrogen) atoms. The first-order chi connectivity index (χ1) is 7.00. The molecule has 0 radical (unpaired) electrons. The summed E-state index contributed by atoms with van der Waals surface area (Å²) in [5, 5.41) is 0. The fraction of sp³-hybridized carbons (Fsp3) is 0.0909. The first kappa shape index (κ1) is 15.7. The minimum Gasteiger partial charge on any atom is -0.282 e. The van der Waals surface area contributed by atoms with E-state index in [-0.39, 0.29) is 4.90 Å². The molecule has 0 heterocycles. The van der Waals surface area contributed by atoms with Crippen molar-refractivity contribution in [2.75, 3.05) is 0 Å². The van der Waals surface area contributed by atoms with Gasteiger partial charge in [0.05, 0.1) is 4.90 Å². The fourth-order valence-electron chi connectivity index (χ4n) is 0.710. The van der Waals surface area contributed by atoms with Crippen LogP contribution in [0, 0.1) is 32.6 Å². The van der Waals surface area contributed by atoms with E-state index in [4.69, 9.17) is 4.55 Å². The SMILES string of the molecule is C#C.C#C.Cc1ccc(S(=O)(=O)O)cc1. The molecule has 0 spiro atoms. The van der Waals surface area contributed by atoms with Crippen LogP contribution in [-0.4, -0.2) is 13.0 Å². The Labute approximate surface area is 90.9 Å². The predicted octanol–water partition coefficient (Wildman–Crippen LogP) is 1.74. The Morgan fingerprint density at radius 1 is 1.00 bits per heavy atom. The molecule has 0 aliphatic heterocycles. The van der Waals surface area contributed by atoms with Gasteiger partial charge in [-0.15, -0.1) is 25.7 Å². The topological polar surface area (TPSA) is 54.4 Å². The summed E-state index contributed by atoms with van der Waals surface area (Å²) in [6.45, 7) is 1.84. The first-order valence-electron chi connectivity index (χ1n) is 3.71. The van der Waals surface area contributed by atoms with Crippen molar-refractivity contribution in [3.63, 3.8) is 0 Å². The van der Waals surface area contributed by atoms with Gasteiger partial charge in [0.1, 0.15) is 0 Å². The third kappa shape index (κ3) is 6.34. The molecule has 0 aliphatic rings. The minimum absolute atomic E-state index is 0.0666. The molecule has 0 unspecified atom stereocenters. The Morgan fingerprint density at radius 2 is 1.33 bits per heavy atom. The van der Waals surface area contributed by atoms with E-state index in [1.165, 1.54) is 12.1 Å². The van der Waals surface area contributed by atoms with Crippen LogP contribution >= 0.6 is 0 Å². The molecule has 0 saturated carbocycles. The van der Waals surface area contributed by atoms with Crippen molar-refractivity contribution < 1.29 is 13.0 Å². The van der Waals surface area contributed by atoms with Crippen LogP contribution in [0.2, 0.25) is 0 Å². The predicted molar refractivity (Wildman–Crippen MR) is 60.8 cm³/mol. The average molecular weight is 224 g/mol. The van der Waals surface area contributed by atoms with E-state index < -0.39 is 10.1 Å². The number of hydrogen-bond acceptors (Lipinski definition) is 2. The molecule has 0 bridgehead atoms. The summed E-state index contributed by atoms with van der Waals surface area (Å²) in [6, 6.07) is 5.99. The molecule has 1 aromatic rings. The zero-order valence-corrected chi connectivity index (χ0v) is 9.11. The number of benzene rings is 1. The van der Waals surface area contributed by atoms with Gasteiger partial charge in [0.2, 0.25) is 0 Å². The molecule has 1 N–H and O–H groups in total. The van der Waals surface area contributed by atoms with Gasteiger partial charge in [0, 0.05) is 0 Å². The van der Waals surface area contributed by atoms with Crippen LogP contribution in [0.5, 0.6) is 0 Å². The van der Waals surface area contributed by atoms with Gasteiger partial charge < -0.3 is 0 Å². The zero-order valence-electron chi connectivity index (χ0n) is 8.29. The van der Waals surface area contributed by atoms with Crippen LogP contribution in [0.15, 0.2) is 29.2 Å². The van der Waals surface area contributed by atoms with Gasteiger partial charge in [-0.05, 0) is 19.1 Å². The summed E-state index contributed by atoms with van der Waals surface area (Å²) >= 11 is 0. The lowest BCUT2D eigenvalue weighted by molar-refractivity contribution is 0.483. The second-order valence-corrected chi connectivity index (χ2v) is 3.71. The maximum Gasteiger partial charge on any atom is 0.294 e. The van der Waals surface area contributed by atoms with Crippen molar-refractivity contribution in [3.8, 4) is 25.7 Å². The Balaban J connectivity index is 0. The number of hydrogen-bond donors (Lipinski definition) is 1. The second-order valence-electron chi connectivity index (χ2n) is 2.29. The van der Waals surface area contributed by atoms with Gasteiger partial charge in [-0.25, -0.2) is 0 Å². The summed E-state index contributed by atoms with van der Waals surface area (Å²) in [7, 11) is -4.02. The van der Waals surface area contributed by atoms with Crippen molar-refractivity contribution in [3.05, 3.63) is 29.8 Å². The van der Waals surface area contributed by atoms with Gasteiger partial charge in [-0.1, -0.05) is 17.7 Å². The van der Waals surface area contributed by atoms with Crippen molar-refractivity contribution in [1.29, 1.82) is 0 Å². The van der Waals surface area contributed by atoms with E-state index in [1.807, 2.05) is 6.92 Å². The third-order valence-electron chi connectivity index (χ3n) is 1.32. The third-order valence-corrected chi connectivity index (χ3v) is 2.19. The molecular formula is C11H12O3S. The minimum atomic E-state index is -4.02. The van der Waals surface area contributed by atoms with Crippen LogP contribution in [0.3, 0.4) is 0 Å². The van der Waals surface area contributed by atoms with Gasteiger partial charge in [0.15, 0.2) is 0 Å². The highest BCUT2D eigenvalue weighted by Gasteiger charge is 2.06. The molecule has 0 aliphatic carbocycles. The van der Waals surface area contributed by atoms with Crippen molar-refractivity contribution in [2.24, 2.45) is 0 Å². The van der Waals surface area contributed by atoms with Crippen molar-refractivity contribution in [2.45, 2.75) is 11.8 Å². The molecular weight excluding hydrogens is 212 g/mol. The molecule has 80 valence electrons. The molecule has 0 saturated heterocycles. The van der Waals surface area contributed by atoms with Crippen LogP contribution in [0.25, 0.3) is 0 Å². The highest BCUT2D eigenvalue weighted by Crippen LogP contribution is 2.08. The maximum atomic E-state index is 10.5. The number of aryl methyl sites for hydroxylation is 1. The summed E-state index contributed by atoms with van der Waals surface area (Å²) in [5.41, 5.74) is 0.956. The number of rotatable bonds is 1. The zero-order chi connectivity index (χ0) is 12.5. The monoisotopic (exact) mass is 224 g/mol. The van der Waals surface area contributed by atoms with E-state index in [9.17, 15) is 8.42 Å². The Kier molecular flexibility index (Phi) is 8.00. The van der Waals surface area contributed by atoms with E-state index in [0.717, 1.165) is 5.56 Å². The first-order valence-corrected chi connectivity index (χ1v) is 5.15. The summed E-state index contributed by atoms with van der Waals surface area (Å²) in [4.78, 5) is -0.0666. The van der Waals surface area contributed by atoms with E-state index >= 15 is 0 Å². The normalized spacial score (nSPS) is 8.67. The molecule has 0 atom stereocenters. The molecule has 1 aromatic carbocycles. The van der Waals surface area contributed by atoms with Gasteiger partial charge in [-0.2, -0.15) is 8.42 Å². The molecule has 0 amide bonds. The lowest BCUT2D eigenvalue weighted by atomic mass is 10.2. The van der Waals surface area contributed by atoms with Gasteiger partial charge in [0.25, 0.3) is 10.1 Å².